The van der Waals surface area contributed by atoms with Gasteiger partial charge in [-0.1, -0.05) is 25.0 Å². The SMILES string of the molecule is CSC1CCCCC1NS(=O)(=O)c1cccc(C(C)N)c1. The molecule has 0 heterocycles. The second-order valence-electron chi connectivity index (χ2n) is 5.65. The lowest BCUT2D eigenvalue weighted by Gasteiger charge is -2.30. The Labute approximate surface area is 131 Å². The Kier molecular flexibility index (Phi) is 5.71. The normalized spacial score (nSPS) is 24.7. The summed E-state index contributed by atoms with van der Waals surface area (Å²) in [5, 5.41) is 0.366. The van der Waals surface area contributed by atoms with Crippen LogP contribution in [0.3, 0.4) is 0 Å². The number of nitrogens with two attached hydrogens (primary N) is 1. The van der Waals surface area contributed by atoms with Crippen LogP contribution in [0.15, 0.2) is 29.2 Å². The number of benzene rings is 1. The van der Waals surface area contributed by atoms with E-state index in [1.807, 2.05) is 19.2 Å². The largest absolute Gasteiger partial charge is 0.324 e. The van der Waals surface area contributed by atoms with Crippen LogP contribution in [-0.2, 0) is 10.0 Å². The smallest absolute Gasteiger partial charge is 0.240 e. The third kappa shape index (κ3) is 4.22. The van der Waals surface area contributed by atoms with Crippen molar-refractivity contribution in [1.29, 1.82) is 0 Å². The standard InChI is InChI=1S/C15H24N2O2S2/c1-11(16)12-6-5-7-13(10-12)21(18,19)17-14-8-3-4-9-15(14)20-2/h5-7,10-11,14-15,17H,3-4,8-9,16H2,1-2H3. The van der Waals surface area contributed by atoms with Gasteiger partial charge in [-0.15, -0.1) is 0 Å². The number of rotatable bonds is 5. The Hall–Kier alpha value is -0.560. The molecule has 118 valence electrons. The van der Waals surface area contributed by atoms with E-state index in [0.29, 0.717) is 10.1 Å². The lowest BCUT2D eigenvalue weighted by Crippen LogP contribution is -2.43. The Morgan fingerprint density at radius 2 is 2.05 bits per heavy atom. The van der Waals surface area contributed by atoms with Gasteiger partial charge in [0.25, 0.3) is 0 Å². The molecule has 3 unspecified atom stereocenters. The van der Waals surface area contributed by atoms with Gasteiger partial charge in [-0.25, -0.2) is 13.1 Å². The molecular formula is C15H24N2O2S2. The number of hydrogen-bond donors (Lipinski definition) is 2. The van der Waals surface area contributed by atoms with E-state index in [-0.39, 0.29) is 12.1 Å². The maximum absolute atomic E-state index is 12.6. The average Bonchev–Trinajstić information content (AvgIpc) is 2.47. The first-order valence-electron chi connectivity index (χ1n) is 7.34. The molecule has 21 heavy (non-hydrogen) atoms. The summed E-state index contributed by atoms with van der Waals surface area (Å²) in [5.41, 5.74) is 6.67. The molecule has 4 nitrogen and oxygen atoms in total. The molecule has 0 bridgehead atoms. The summed E-state index contributed by atoms with van der Waals surface area (Å²) in [5.74, 6) is 0. The Balaban J connectivity index is 2.19. The fraction of sp³-hybridized carbons (Fsp3) is 0.600. The molecule has 1 aromatic carbocycles. The van der Waals surface area contributed by atoms with E-state index in [0.717, 1.165) is 24.8 Å². The van der Waals surface area contributed by atoms with E-state index >= 15 is 0 Å². The minimum Gasteiger partial charge on any atom is -0.324 e. The molecule has 0 spiro atoms. The molecule has 1 aromatic rings. The molecular weight excluding hydrogens is 304 g/mol. The van der Waals surface area contributed by atoms with Gasteiger partial charge in [0.1, 0.15) is 0 Å². The quantitative estimate of drug-likeness (QED) is 0.871. The molecule has 2 rings (SSSR count). The molecule has 0 radical (unpaired) electrons. The van der Waals surface area contributed by atoms with E-state index in [9.17, 15) is 8.42 Å². The molecule has 0 aliphatic heterocycles. The molecule has 3 atom stereocenters. The van der Waals surface area contributed by atoms with Crippen LogP contribution < -0.4 is 10.5 Å². The highest BCUT2D eigenvalue weighted by molar-refractivity contribution is 7.99. The predicted octanol–water partition coefficient (Wildman–Crippen LogP) is 2.66. The van der Waals surface area contributed by atoms with Crippen molar-refractivity contribution in [3.05, 3.63) is 29.8 Å². The van der Waals surface area contributed by atoms with Crippen LogP contribution in [0.4, 0.5) is 0 Å². The second-order valence-corrected chi connectivity index (χ2v) is 8.44. The van der Waals surface area contributed by atoms with E-state index in [2.05, 4.69) is 4.72 Å². The van der Waals surface area contributed by atoms with Gasteiger partial charge in [-0.05, 0) is 43.7 Å². The van der Waals surface area contributed by atoms with Gasteiger partial charge < -0.3 is 5.73 Å². The highest BCUT2D eigenvalue weighted by Crippen LogP contribution is 2.28. The van der Waals surface area contributed by atoms with Gasteiger partial charge in [0.15, 0.2) is 0 Å². The number of thioether (sulfide) groups is 1. The van der Waals surface area contributed by atoms with Gasteiger partial charge in [-0.3, -0.25) is 0 Å². The van der Waals surface area contributed by atoms with Crippen LogP contribution in [0.5, 0.6) is 0 Å². The molecule has 1 aliphatic rings. The average molecular weight is 329 g/mol. The summed E-state index contributed by atoms with van der Waals surface area (Å²) < 4.78 is 28.0. The van der Waals surface area contributed by atoms with E-state index in [1.165, 1.54) is 6.42 Å². The zero-order valence-corrected chi connectivity index (χ0v) is 14.2. The van der Waals surface area contributed by atoms with Crippen LogP contribution in [0.1, 0.15) is 44.2 Å². The monoisotopic (exact) mass is 328 g/mol. The lowest BCUT2D eigenvalue weighted by molar-refractivity contribution is 0.423. The fourth-order valence-corrected chi connectivity index (χ4v) is 5.13. The van der Waals surface area contributed by atoms with Crippen molar-refractivity contribution >= 4 is 21.8 Å². The van der Waals surface area contributed by atoms with Crippen molar-refractivity contribution in [2.75, 3.05) is 6.26 Å². The lowest BCUT2D eigenvalue weighted by atomic mass is 9.96. The van der Waals surface area contributed by atoms with Gasteiger partial charge in [0, 0.05) is 17.3 Å². The van der Waals surface area contributed by atoms with Crippen LogP contribution >= 0.6 is 11.8 Å². The topological polar surface area (TPSA) is 72.2 Å². The molecule has 1 aliphatic carbocycles. The van der Waals surface area contributed by atoms with Crippen LogP contribution in [-0.4, -0.2) is 26.0 Å². The van der Waals surface area contributed by atoms with Gasteiger partial charge in [0.2, 0.25) is 10.0 Å². The van der Waals surface area contributed by atoms with Crippen molar-refractivity contribution in [2.45, 2.75) is 54.8 Å². The van der Waals surface area contributed by atoms with Crippen molar-refractivity contribution in [3.8, 4) is 0 Å². The van der Waals surface area contributed by atoms with Gasteiger partial charge >= 0.3 is 0 Å². The number of hydrogen-bond acceptors (Lipinski definition) is 4. The van der Waals surface area contributed by atoms with Crippen molar-refractivity contribution in [3.63, 3.8) is 0 Å². The molecule has 0 amide bonds. The summed E-state index contributed by atoms with van der Waals surface area (Å²) >= 11 is 1.75. The van der Waals surface area contributed by atoms with Gasteiger partial charge in [-0.2, -0.15) is 11.8 Å². The van der Waals surface area contributed by atoms with Gasteiger partial charge in [0.05, 0.1) is 4.90 Å². The Morgan fingerprint density at radius 3 is 2.71 bits per heavy atom. The van der Waals surface area contributed by atoms with Crippen molar-refractivity contribution in [1.82, 2.24) is 4.72 Å². The van der Waals surface area contributed by atoms with E-state index < -0.39 is 10.0 Å². The summed E-state index contributed by atoms with van der Waals surface area (Å²) in [6, 6.07) is 6.76. The zero-order valence-electron chi connectivity index (χ0n) is 12.6. The van der Waals surface area contributed by atoms with Crippen LogP contribution in [0, 0.1) is 0 Å². The molecule has 1 saturated carbocycles. The molecule has 3 N–H and O–H groups in total. The van der Waals surface area contributed by atoms with Crippen LogP contribution in [0.2, 0.25) is 0 Å². The number of nitrogens with one attached hydrogen (secondary N) is 1. The zero-order chi connectivity index (χ0) is 15.5. The first kappa shape index (κ1) is 16.8. The molecule has 6 heteroatoms. The summed E-state index contributed by atoms with van der Waals surface area (Å²) in [6.07, 6.45) is 6.31. The van der Waals surface area contributed by atoms with E-state index in [1.54, 1.807) is 30.0 Å². The van der Waals surface area contributed by atoms with Crippen LogP contribution in [0.25, 0.3) is 0 Å². The highest BCUT2D eigenvalue weighted by Gasteiger charge is 2.29. The fourth-order valence-electron chi connectivity index (χ4n) is 2.75. The minimum absolute atomic E-state index is 0.0257. The summed E-state index contributed by atoms with van der Waals surface area (Å²) in [4.78, 5) is 0.308. The first-order chi connectivity index (χ1) is 9.94. The van der Waals surface area contributed by atoms with Crippen molar-refractivity contribution in [2.24, 2.45) is 5.73 Å². The predicted molar refractivity (Wildman–Crippen MR) is 88.9 cm³/mol. The third-order valence-corrected chi connectivity index (χ3v) is 6.66. The summed E-state index contributed by atoms with van der Waals surface area (Å²) in [6.45, 7) is 1.85. The van der Waals surface area contributed by atoms with Crippen molar-refractivity contribution < 1.29 is 8.42 Å². The first-order valence-corrected chi connectivity index (χ1v) is 10.1. The second kappa shape index (κ2) is 7.13. The molecule has 1 fully saturated rings. The molecule has 0 aromatic heterocycles. The highest BCUT2D eigenvalue weighted by atomic mass is 32.2. The Bertz CT molecular complexity index is 573. The minimum atomic E-state index is -3.48. The third-order valence-electron chi connectivity index (χ3n) is 4.01. The molecule has 0 saturated heterocycles. The van der Waals surface area contributed by atoms with E-state index in [4.69, 9.17) is 5.73 Å². The summed E-state index contributed by atoms with van der Waals surface area (Å²) in [7, 11) is -3.48. The maximum atomic E-state index is 12.6. The maximum Gasteiger partial charge on any atom is 0.240 e. The number of sulfonamides is 1. The Morgan fingerprint density at radius 1 is 1.33 bits per heavy atom.